The zero-order valence-electron chi connectivity index (χ0n) is 23.3. The van der Waals surface area contributed by atoms with Crippen LogP contribution in [0.25, 0.3) is 12.2 Å². The number of hydrogen-bond donors (Lipinski definition) is 0. The normalized spacial score (nSPS) is 16.2. The molecule has 200 valence electrons. The standard InChI is InChI=1S/C20H22O3S.C12H13BrO/c1-13-10-14-11-15(6-8-17(14)23-20(13,2)3)24-16-7-9-18(21-4)19(12-16)22-5;1-8-6-9-7-10(13)4-5-11(9)14-12(8,2)3/h6-12H,1-5H3;4-7H,1-3H3. The average Bonchev–Trinajstić information content (AvgIpc) is 2.86. The van der Waals surface area contributed by atoms with E-state index in [1.807, 2.05) is 36.4 Å². The van der Waals surface area contributed by atoms with E-state index in [1.54, 1.807) is 26.0 Å². The second-order valence-electron chi connectivity index (χ2n) is 10.4. The van der Waals surface area contributed by atoms with Gasteiger partial charge in [0.05, 0.1) is 14.2 Å². The number of benzene rings is 3. The van der Waals surface area contributed by atoms with E-state index in [4.69, 9.17) is 18.9 Å². The molecular weight excluding hydrogens is 560 g/mol. The van der Waals surface area contributed by atoms with Crippen LogP contribution >= 0.6 is 27.7 Å². The molecule has 0 unspecified atom stereocenters. The van der Waals surface area contributed by atoms with Crippen molar-refractivity contribution in [3.8, 4) is 23.0 Å². The summed E-state index contributed by atoms with van der Waals surface area (Å²) in [6.45, 7) is 12.6. The molecule has 2 aliphatic heterocycles. The third kappa shape index (κ3) is 6.24. The van der Waals surface area contributed by atoms with Crippen LogP contribution in [0.1, 0.15) is 52.7 Å². The molecule has 0 spiro atoms. The lowest BCUT2D eigenvalue weighted by Gasteiger charge is -2.32. The fourth-order valence-electron chi connectivity index (χ4n) is 4.06. The van der Waals surface area contributed by atoms with Gasteiger partial charge in [-0.2, -0.15) is 0 Å². The van der Waals surface area contributed by atoms with Gasteiger partial charge in [0.2, 0.25) is 0 Å². The van der Waals surface area contributed by atoms with Crippen LogP contribution in [-0.4, -0.2) is 25.4 Å². The van der Waals surface area contributed by atoms with Gasteiger partial charge < -0.3 is 18.9 Å². The number of rotatable bonds is 4. The van der Waals surface area contributed by atoms with Crippen LogP contribution in [-0.2, 0) is 0 Å². The molecule has 0 amide bonds. The van der Waals surface area contributed by atoms with E-state index in [-0.39, 0.29) is 11.2 Å². The topological polar surface area (TPSA) is 36.9 Å². The third-order valence-corrected chi connectivity index (χ3v) is 8.39. The molecule has 2 heterocycles. The fourth-order valence-corrected chi connectivity index (χ4v) is 5.34. The van der Waals surface area contributed by atoms with E-state index < -0.39 is 0 Å². The zero-order chi connectivity index (χ0) is 27.7. The SMILES string of the molecule is CC1=Cc2cc(Br)ccc2OC1(C)C.COc1ccc(Sc2ccc3c(c2)C=C(C)C(C)(C)O3)cc1OC. The summed E-state index contributed by atoms with van der Waals surface area (Å²) < 4.78 is 23.7. The van der Waals surface area contributed by atoms with Crippen LogP contribution in [0.5, 0.6) is 23.0 Å². The highest BCUT2D eigenvalue weighted by Crippen LogP contribution is 2.40. The Labute approximate surface area is 239 Å². The lowest BCUT2D eigenvalue weighted by atomic mass is 9.94. The molecule has 0 fully saturated rings. The van der Waals surface area contributed by atoms with Gasteiger partial charge in [0, 0.05) is 25.4 Å². The van der Waals surface area contributed by atoms with E-state index in [0.29, 0.717) is 0 Å². The van der Waals surface area contributed by atoms with Crippen molar-refractivity contribution in [2.75, 3.05) is 14.2 Å². The minimum atomic E-state index is -0.245. The van der Waals surface area contributed by atoms with Gasteiger partial charge >= 0.3 is 0 Å². The molecule has 2 aliphatic rings. The smallest absolute Gasteiger partial charge is 0.161 e. The first-order valence-electron chi connectivity index (χ1n) is 12.5. The Morgan fingerprint density at radius 3 is 1.74 bits per heavy atom. The van der Waals surface area contributed by atoms with E-state index in [2.05, 4.69) is 87.8 Å². The Morgan fingerprint density at radius 2 is 1.16 bits per heavy atom. The monoisotopic (exact) mass is 594 g/mol. The fraction of sp³-hybridized carbons (Fsp3) is 0.312. The van der Waals surface area contributed by atoms with Gasteiger partial charge in [-0.1, -0.05) is 27.7 Å². The molecule has 0 saturated carbocycles. The van der Waals surface area contributed by atoms with Crippen LogP contribution in [0.3, 0.4) is 0 Å². The first kappa shape index (κ1) is 28.2. The van der Waals surface area contributed by atoms with Crippen molar-refractivity contribution in [3.63, 3.8) is 0 Å². The zero-order valence-corrected chi connectivity index (χ0v) is 25.7. The van der Waals surface area contributed by atoms with Crippen molar-refractivity contribution in [2.45, 2.75) is 62.5 Å². The highest BCUT2D eigenvalue weighted by atomic mass is 79.9. The van der Waals surface area contributed by atoms with E-state index in [1.165, 1.54) is 11.1 Å². The molecule has 0 radical (unpaired) electrons. The van der Waals surface area contributed by atoms with E-state index >= 15 is 0 Å². The Balaban J connectivity index is 0.000000204. The number of fused-ring (bicyclic) bond motifs is 2. The number of hydrogen-bond acceptors (Lipinski definition) is 5. The average molecular weight is 596 g/mol. The molecule has 4 nitrogen and oxygen atoms in total. The predicted octanol–water partition coefficient (Wildman–Crippen LogP) is 9.45. The maximum Gasteiger partial charge on any atom is 0.161 e. The van der Waals surface area contributed by atoms with Gasteiger partial charge in [0.15, 0.2) is 11.5 Å². The van der Waals surface area contributed by atoms with Gasteiger partial charge in [-0.3, -0.25) is 0 Å². The van der Waals surface area contributed by atoms with E-state index in [9.17, 15) is 0 Å². The molecule has 6 heteroatoms. The number of halogens is 1. The molecule has 3 aromatic rings. The summed E-state index contributed by atoms with van der Waals surface area (Å²) in [5.41, 5.74) is 4.33. The lowest BCUT2D eigenvalue weighted by molar-refractivity contribution is 0.145. The number of ether oxygens (including phenoxy) is 4. The maximum atomic E-state index is 6.09. The second-order valence-corrected chi connectivity index (χ2v) is 12.4. The minimum Gasteiger partial charge on any atom is -0.493 e. The molecule has 38 heavy (non-hydrogen) atoms. The summed E-state index contributed by atoms with van der Waals surface area (Å²) in [7, 11) is 3.29. The van der Waals surface area contributed by atoms with Crippen molar-refractivity contribution in [3.05, 3.63) is 81.3 Å². The predicted molar refractivity (Wildman–Crippen MR) is 161 cm³/mol. The van der Waals surface area contributed by atoms with Gasteiger partial charge in [-0.05, 0) is 119 Å². The van der Waals surface area contributed by atoms with Crippen molar-refractivity contribution in [1.82, 2.24) is 0 Å². The third-order valence-electron chi connectivity index (χ3n) is 6.92. The highest BCUT2D eigenvalue weighted by molar-refractivity contribution is 9.10. The summed E-state index contributed by atoms with van der Waals surface area (Å²) >= 11 is 5.14. The molecule has 0 aromatic heterocycles. The summed E-state index contributed by atoms with van der Waals surface area (Å²) in [4.78, 5) is 2.26. The maximum absolute atomic E-state index is 6.09. The Bertz CT molecular complexity index is 1400. The first-order valence-corrected chi connectivity index (χ1v) is 14.1. The summed E-state index contributed by atoms with van der Waals surface area (Å²) in [6.07, 6.45) is 4.39. The largest absolute Gasteiger partial charge is 0.493 e. The second kappa shape index (κ2) is 11.1. The molecule has 0 N–H and O–H groups in total. The number of methoxy groups -OCH3 is 2. The summed E-state index contributed by atoms with van der Waals surface area (Å²) in [6, 6.07) is 18.3. The van der Waals surface area contributed by atoms with Crippen molar-refractivity contribution < 1.29 is 18.9 Å². The van der Waals surface area contributed by atoms with Crippen LogP contribution in [0.4, 0.5) is 0 Å². The summed E-state index contributed by atoms with van der Waals surface area (Å²) in [5.74, 6) is 3.37. The molecule has 0 saturated heterocycles. The Morgan fingerprint density at radius 1 is 0.658 bits per heavy atom. The van der Waals surface area contributed by atoms with Crippen molar-refractivity contribution in [1.29, 1.82) is 0 Å². The molecule has 0 atom stereocenters. The van der Waals surface area contributed by atoms with Crippen LogP contribution in [0, 0.1) is 0 Å². The lowest BCUT2D eigenvalue weighted by Crippen LogP contribution is -2.31. The van der Waals surface area contributed by atoms with Crippen LogP contribution < -0.4 is 18.9 Å². The van der Waals surface area contributed by atoms with Gasteiger partial charge in [-0.25, -0.2) is 0 Å². The minimum absolute atomic E-state index is 0.180. The van der Waals surface area contributed by atoms with E-state index in [0.717, 1.165) is 48.4 Å². The quantitative estimate of drug-likeness (QED) is 0.300. The Hall–Kier alpha value is -2.83. The first-order chi connectivity index (χ1) is 17.9. The van der Waals surface area contributed by atoms with Crippen molar-refractivity contribution in [2.24, 2.45) is 0 Å². The van der Waals surface area contributed by atoms with Gasteiger partial charge in [0.25, 0.3) is 0 Å². The van der Waals surface area contributed by atoms with Gasteiger partial charge in [-0.15, -0.1) is 0 Å². The molecule has 0 aliphatic carbocycles. The highest BCUT2D eigenvalue weighted by Gasteiger charge is 2.28. The summed E-state index contributed by atoms with van der Waals surface area (Å²) in [5, 5.41) is 0. The molecule has 0 bridgehead atoms. The van der Waals surface area contributed by atoms with Crippen molar-refractivity contribution >= 4 is 39.8 Å². The Kier molecular flexibility index (Phi) is 8.24. The van der Waals surface area contributed by atoms with Gasteiger partial charge in [0.1, 0.15) is 22.7 Å². The molecular formula is C32H35BrO4S. The molecule has 5 rings (SSSR count). The molecule has 3 aromatic carbocycles. The van der Waals surface area contributed by atoms with Crippen LogP contribution in [0.2, 0.25) is 0 Å². The van der Waals surface area contributed by atoms with Crippen LogP contribution in [0.15, 0.2) is 80.0 Å².